The van der Waals surface area contributed by atoms with Crippen LogP contribution in [0.2, 0.25) is 0 Å². The van der Waals surface area contributed by atoms with Crippen molar-refractivity contribution in [2.75, 3.05) is 26.8 Å². The van der Waals surface area contributed by atoms with E-state index in [-0.39, 0.29) is 5.54 Å². The number of benzene rings is 1. The van der Waals surface area contributed by atoms with Crippen molar-refractivity contribution in [1.82, 2.24) is 10.2 Å². The predicted octanol–water partition coefficient (Wildman–Crippen LogP) is 2.62. The van der Waals surface area contributed by atoms with Gasteiger partial charge in [0, 0.05) is 32.3 Å². The van der Waals surface area contributed by atoms with Crippen molar-refractivity contribution in [2.45, 2.75) is 44.8 Å². The maximum absolute atomic E-state index is 5.41. The van der Waals surface area contributed by atoms with Gasteiger partial charge in [0.15, 0.2) is 0 Å². The molecule has 1 heterocycles. The number of hydrogen-bond donors (Lipinski definition) is 1. The van der Waals surface area contributed by atoms with Gasteiger partial charge in [0.1, 0.15) is 0 Å². The third-order valence-electron chi connectivity index (χ3n) is 4.56. The second kappa shape index (κ2) is 6.70. The summed E-state index contributed by atoms with van der Waals surface area (Å²) in [4.78, 5) is 2.60. The Morgan fingerprint density at radius 1 is 1.40 bits per heavy atom. The molecule has 1 aliphatic heterocycles. The average molecular weight is 276 g/mol. The molecule has 3 nitrogen and oxygen atoms in total. The van der Waals surface area contributed by atoms with Crippen LogP contribution in [0.1, 0.15) is 32.8 Å². The van der Waals surface area contributed by atoms with E-state index in [4.69, 9.17) is 4.74 Å². The highest BCUT2D eigenvalue weighted by Gasteiger charge is 2.37. The zero-order valence-electron chi connectivity index (χ0n) is 13.2. The molecule has 1 saturated heterocycles. The van der Waals surface area contributed by atoms with Gasteiger partial charge >= 0.3 is 0 Å². The van der Waals surface area contributed by atoms with Crippen molar-refractivity contribution in [3.63, 3.8) is 0 Å². The van der Waals surface area contributed by atoms with Gasteiger partial charge in [0.05, 0.1) is 12.1 Å². The van der Waals surface area contributed by atoms with Crippen LogP contribution in [0.15, 0.2) is 30.3 Å². The fraction of sp³-hybridized carbons (Fsp3) is 0.647. The minimum absolute atomic E-state index is 0.0227. The summed E-state index contributed by atoms with van der Waals surface area (Å²) in [5.74, 6) is 0. The topological polar surface area (TPSA) is 24.5 Å². The predicted molar refractivity (Wildman–Crippen MR) is 83.9 cm³/mol. The summed E-state index contributed by atoms with van der Waals surface area (Å²) in [6, 6.07) is 11.8. The molecule has 1 fully saturated rings. The molecule has 3 heteroatoms. The standard InChI is InChI=1S/C17H28N2O/c1-5-16(12-20-4)19-13-17(3,18-11-14(19)2)15-9-7-6-8-10-15/h6-10,14,16,18H,5,11-13H2,1-4H3. The number of rotatable bonds is 5. The van der Waals surface area contributed by atoms with E-state index in [0.717, 1.165) is 26.1 Å². The molecule has 3 unspecified atom stereocenters. The number of hydrogen-bond acceptors (Lipinski definition) is 3. The minimum Gasteiger partial charge on any atom is -0.383 e. The number of methoxy groups -OCH3 is 1. The van der Waals surface area contributed by atoms with Gasteiger partial charge in [0.25, 0.3) is 0 Å². The summed E-state index contributed by atoms with van der Waals surface area (Å²) in [5, 5.41) is 3.73. The van der Waals surface area contributed by atoms with E-state index in [9.17, 15) is 0 Å². The van der Waals surface area contributed by atoms with Gasteiger partial charge in [-0.2, -0.15) is 0 Å². The van der Waals surface area contributed by atoms with Crippen LogP contribution in [0.5, 0.6) is 0 Å². The van der Waals surface area contributed by atoms with E-state index in [2.05, 4.69) is 61.3 Å². The molecule has 0 saturated carbocycles. The molecule has 1 aliphatic rings. The summed E-state index contributed by atoms with van der Waals surface area (Å²) in [5.41, 5.74) is 1.39. The Morgan fingerprint density at radius 2 is 2.10 bits per heavy atom. The Labute approximate surface area is 123 Å². The maximum Gasteiger partial charge on any atom is 0.0618 e. The third-order valence-corrected chi connectivity index (χ3v) is 4.56. The lowest BCUT2D eigenvalue weighted by Gasteiger charge is -2.48. The summed E-state index contributed by atoms with van der Waals surface area (Å²) >= 11 is 0. The van der Waals surface area contributed by atoms with Gasteiger partial charge in [-0.15, -0.1) is 0 Å². The van der Waals surface area contributed by atoms with E-state index in [1.807, 2.05) is 0 Å². The number of nitrogens with zero attached hydrogens (tertiary/aromatic N) is 1. The lowest BCUT2D eigenvalue weighted by atomic mass is 9.87. The van der Waals surface area contributed by atoms with Crippen molar-refractivity contribution in [3.8, 4) is 0 Å². The maximum atomic E-state index is 5.41. The molecule has 1 N–H and O–H groups in total. The minimum atomic E-state index is 0.0227. The smallest absolute Gasteiger partial charge is 0.0618 e. The molecule has 112 valence electrons. The van der Waals surface area contributed by atoms with Crippen molar-refractivity contribution in [3.05, 3.63) is 35.9 Å². The largest absolute Gasteiger partial charge is 0.383 e. The first-order chi connectivity index (χ1) is 9.60. The molecule has 20 heavy (non-hydrogen) atoms. The van der Waals surface area contributed by atoms with Crippen molar-refractivity contribution >= 4 is 0 Å². The van der Waals surface area contributed by atoms with E-state index in [1.54, 1.807) is 7.11 Å². The van der Waals surface area contributed by atoms with Crippen molar-refractivity contribution < 1.29 is 4.74 Å². The summed E-state index contributed by atoms with van der Waals surface area (Å²) in [6.07, 6.45) is 1.13. The zero-order valence-corrected chi connectivity index (χ0v) is 13.2. The molecule has 1 aromatic rings. The van der Waals surface area contributed by atoms with Crippen LogP contribution in [0.3, 0.4) is 0 Å². The molecular formula is C17H28N2O. The van der Waals surface area contributed by atoms with E-state index in [1.165, 1.54) is 5.56 Å². The van der Waals surface area contributed by atoms with Crippen LogP contribution in [-0.2, 0) is 10.3 Å². The molecule has 0 radical (unpaired) electrons. The van der Waals surface area contributed by atoms with Crippen LogP contribution in [0.25, 0.3) is 0 Å². The lowest BCUT2D eigenvalue weighted by Crippen LogP contribution is -2.63. The molecule has 0 aromatic heterocycles. The Kier molecular flexibility index (Phi) is 5.19. The second-order valence-electron chi connectivity index (χ2n) is 6.12. The van der Waals surface area contributed by atoms with Crippen LogP contribution < -0.4 is 5.32 Å². The molecule has 1 aromatic carbocycles. The van der Waals surface area contributed by atoms with Gasteiger partial charge in [-0.1, -0.05) is 37.3 Å². The monoisotopic (exact) mass is 276 g/mol. The van der Waals surface area contributed by atoms with Gasteiger partial charge < -0.3 is 10.1 Å². The molecule has 2 rings (SSSR count). The first-order valence-electron chi connectivity index (χ1n) is 7.66. The van der Waals surface area contributed by atoms with E-state index >= 15 is 0 Å². The molecule has 0 aliphatic carbocycles. The Bertz CT molecular complexity index is 409. The van der Waals surface area contributed by atoms with E-state index in [0.29, 0.717) is 12.1 Å². The lowest BCUT2D eigenvalue weighted by molar-refractivity contribution is 0.0152. The normalized spacial score (nSPS) is 29.3. The fourth-order valence-electron chi connectivity index (χ4n) is 3.20. The van der Waals surface area contributed by atoms with Crippen LogP contribution >= 0.6 is 0 Å². The molecule has 0 bridgehead atoms. The third kappa shape index (κ3) is 3.22. The average Bonchev–Trinajstić information content (AvgIpc) is 2.49. The van der Waals surface area contributed by atoms with Crippen LogP contribution in [0.4, 0.5) is 0 Å². The highest BCUT2D eigenvalue weighted by Crippen LogP contribution is 2.28. The molecular weight excluding hydrogens is 248 g/mol. The van der Waals surface area contributed by atoms with E-state index < -0.39 is 0 Å². The first-order valence-corrected chi connectivity index (χ1v) is 7.66. The number of nitrogens with one attached hydrogen (secondary N) is 1. The van der Waals surface area contributed by atoms with Gasteiger partial charge in [0.2, 0.25) is 0 Å². The highest BCUT2D eigenvalue weighted by molar-refractivity contribution is 5.25. The molecule has 0 spiro atoms. The summed E-state index contributed by atoms with van der Waals surface area (Å²) < 4.78 is 5.41. The Balaban J connectivity index is 2.18. The van der Waals surface area contributed by atoms with Crippen LogP contribution in [-0.4, -0.2) is 43.8 Å². The molecule has 0 amide bonds. The summed E-state index contributed by atoms with van der Waals surface area (Å²) in [6.45, 7) is 9.71. The fourth-order valence-corrected chi connectivity index (χ4v) is 3.20. The first kappa shape index (κ1) is 15.5. The van der Waals surface area contributed by atoms with Gasteiger partial charge in [-0.3, -0.25) is 4.90 Å². The summed E-state index contributed by atoms with van der Waals surface area (Å²) in [7, 11) is 1.80. The number of piperazine rings is 1. The Morgan fingerprint density at radius 3 is 2.70 bits per heavy atom. The van der Waals surface area contributed by atoms with Gasteiger partial charge in [-0.25, -0.2) is 0 Å². The zero-order chi connectivity index (χ0) is 14.6. The SMILES string of the molecule is CCC(COC)N1CC(C)(c2ccccc2)NCC1C. The Hall–Kier alpha value is -0.900. The van der Waals surface area contributed by atoms with Crippen molar-refractivity contribution in [2.24, 2.45) is 0 Å². The molecule has 3 atom stereocenters. The van der Waals surface area contributed by atoms with Crippen molar-refractivity contribution in [1.29, 1.82) is 0 Å². The number of ether oxygens (including phenoxy) is 1. The van der Waals surface area contributed by atoms with Crippen LogP contribution in [0, 0.1) is 0 Å². The van der Waals surface area contributed by atoms with Gasteiger partial charge in [-0.05, 0) is 25.8 Å². The quantitative estimate of drug-likeness (QED) is 0.895. The second-order valence-corrected chi connectivity index (χ2v) is 6.12. The highest BCUT2D eigenvalue weighted by atomic mass is 16.5.